The molecule has 6 nitrogen and oxygen atoms in total. The summed E-state index contributed by atoms with van der Waals surface area (Å²) in [7, 11) is 0. The van der Waals surface area contributed by atoms with Gasteiger partial charge in [0.05, 0.1) is 0 Å². The predicted molar refractivity (Wildman–Crippen MR) is 98.8 cm³/mol. The Balaban J connectivity index is 2.12. The lowest BCUT2D eigenvalue weighted by molar-refractivity contribution is -0.149. The zero-order valence-corrected chi connectivity index (χ0v) is 15.2. The Labute approximate surface area is 160 Å². The molecule has 0 aliphatic carbocycles. The number of amides is 2. The number of carbonyl (C=O) groups is 3. The molecule has 0 bridgehead atoms. The first-order valence-electron chi connectivity index (χ1n) is 8.28. The van der Waals surface area contributed by atoms with Gasteiger partial charge in [-0.1, -0.05) is 36.4 Å². The van der Waals surface area contributed by atoms with E-state index in [0.717, 1.165) is 18.2 Å². The van der Waals surface area contributed by atoms with Crippen LogP contribution in [0, 0.1) is 11.6 Å². The van der Waals surface area contributed by atoms with Crippen LogP contribution < -0.4 is 10.6 Å². The van der Waals surface area contributed by atoms with Crippen LogP contribution in [0.25, 0.3) is 6.08 Å². The van der Waals surface area contributed by atoms with E-state index in [1.807, 2.05) is 5.32 Å². The summed E-state index contributed by atoms with van der Waals surface area (Å²) in [6, 6.07) is 11.8. The number of hydrogen-bond acceptors (Lipinski definition) is 4. The molecule has 0 radical (unpaired) electrons. The molecular weight excluding hydrogens is 370 g/mol. The van der Waals surface area contributed by atoms with Gasteiger partial charge < -0.3 is 15.4 Å². The lowest BCUT2D eigenvalue weighted by atomic mass is 10.2. The molecule has 0 aliphatic heterocycles. The average molecular weight is 388 g/mol. The second-order valence-corrected chi connectivity index (χ2v) is 5.78. The summed E-state index contributed by atoms with van der Waals surface area (Å²) < 4.78 is 32.3. The number of ether oxygens (including phenoxy) is 1. The molecule has 0 saturated carbocycles. The van der Waals surface area contributed by atoms with E-state index in [1.165, 1.54) is 19.9 Å². The van der Waals surface area contributed by atoms with Crippen LogP contribution in [0.4, 0.5) is 14.5 Å². The molecule has 0 unspecified atom stereocenters. The molecule has 2 rings (SSSR count). The third kappa shape index (κ3) is 5.73. The first-order valence-corrected chi connectivity index (χ1v) is 8.28. The van der Waals surface area contributed by atoms with Gasteiger partial charge in [-0.15, -0.1) is 0 Å². The summed E-state index contributed by atoms with van der Waals surface area (Å²) in [5.41, 5.74) is -0.207. The van der Waals surface area contributed by atoms with Gasteiger partial charge in [-0.25, -0.2) is 13.6 Å². The third-order valence-corrected chi connectivity index (χ3v) is 3.51. The maximum atomic E-state index is 13.6. The molecule has 2 aromatic rings. The minimum atomic E-state index is -1.38. The second kappa shape index (κ2) is 9.40. The highest BCUT2D eigenvalue weighted by Gasteiger charge is 2.23. The van der Waals surface area contributed by atoms with Crippen molar-refractivity contribution in [2.24, 2.45) is 0 Å². The van der Waals surface area contributed by atoms with E-state index >= 15 is 0 Å². The average Bonchev–Trinajstić information content (AvgIpc) is 2.64. The van der Waals surface area contributed by atoms with Crippen LogP contribution >= 0.6 is 0 Å². The molecule has 0 saturated heterocycles. The van der Waals surface area contributed by atoms with Gasteiger partial charge in [0.2, 0.25) is 5.91 Å². The van der Waals surface area contributed by atoms with Gasteiger partial charge >= 0.3 is 5.97 Å². The lowest BCUT2D eigenvalue weighted by Gasteiger charge is -2.15. The SMILES string of the molecule is CC(=O)N/C(=C\c1ccccc1)C(=O)O[C@@H](C)C(=O)Nc1c(F)cccc1F. The fourth-order valence-corrected chi connectivity index (χ4v) is 2.17. The summed E-state index contributed by atoms with van der Waals surface area (Å²) in [5, 5.41) is 4.38. The zero-order valence-electron chi connectivity index (χ0n) is 15.2. The van der Waals surface area contributed by atoms with E-state index in [-0.39, 0.29) is 5.70 Å². The number of nitrogens with one attached hydrogen (secondary N) is 2. The zero-order chi connectivity index (χ0) is 20.7. The number of halogens is 2. The van der Waals surface area contributed by atoms with Crippen LogP contribution in [-0.2, 0) is 19.1 Å². The summed E-state index contributed by atoms with van der Waals surface area (Å²) in [4.78, 5) is 35.8. The van der Waals surface area contributed by atoms with Crippen LogP contribution in [0.1, 0.15) is 19.4 Å². The van der Waals surface area contributed by atoms with Crippen molar-refractivity contribution in [3.05, 3.63) is 71.4 Å². The highest BCUT2D eigenvalue weighted by atomic mass is 19.1. The van der Waals surface area contributed by atoms with E-state index in [0.29, 0.717) is 5.56 Å². The Kier molecular flexibility index (Phi) is 6.97. The fourth-order valence-electron chi connectivity index (χ4n) is 2.17. The molecule has 2 aromatic carbocycles. The van der Waals surface area contributed by atoms with E-state index in [1.54, 1.807) is 30.3 Å². The summed E-state index contributed by atoms with van der Waals surface area (Å²) in [6.07, 6.45) is 0.00433. The number of carbonyl (C=O) groups excluding carboxylic acids is 3. The Morgan fingerprint density at radius 3 is 2.18 bits per heavy atom. The molecule has 0 aromatic heterocycles. The van der Waals surface area contributed by atoms with Crippen molar-refractivity contribution in [2.75, 3.05) is 5.32 Å². The van der Waals surface area contributed by atoms with Gasteiger partial charge in [0.15, 0.2) is 6.10 Å². The fraction of sp³-hybridized carbons (Fsp3) is 0.150. The Morgan fingerprint density at radius 1 is 1.00 bits per heavy atom. The lowest BCUT2D eigenvalue weighted by Crippen LogP contribution is -2.34. The highest BCUT2D eigenvalue weighted by Crippen LogP contribution is 2.18. The van der Waals surface area contributed by atoms with Crippen molar-refractivity contribution < 1.29 is 27.9 Å². The number of benzene rings is 2. The molecule has 0 fully saturated rings. The molecule has 0 spiro atoms. The topological polar surface area (TPSA) is 84.5 Å². The van der Waals surface area contributed by atoms with Crippen molar-refractivity contribution in [2.45, 2.75) is 20.0 Å². The summed E-state index contributed by atoms with van der Waals surface area (Å²) >= 11 is 0. The molecule has 2 amide bonds. The Bertz CT molecular complexity index is 893. The smallest absolute Gasteiger partial charge is 0.355 e. The van der Waals surface area contributed by atoms with Gasteiger partial charge in [0.25, 0.3) is 5.91 Å². The minimum Gasteiger partial charge on any atom is -0.448 e. The van der Waals surface area contributed by atoms with Crippen LogP contribution in [0.3, 0.4) is 0 Å². The second-order valence-electron chi connectivity index (χ2n) is 5.78. The van der Waals surface area contributed by atoms with Crippen molar-refractivity contribution in [3.63, 3.8) is 0 Å². The van der Waals surface area contributed by atoms with E-state index in [2.05, 4.69) is 5.32 Å². The number of hydrogen-bond donors (Lipinski definition) is 2. The number of anilines is 1. The van der Waals surface area contributed by atoms with Gasteiger partial charge in [-0.3, -0.25) is 9.59 Å². The Hall–Kier alpha value is -3.55. The minimum absolute atomic E-state index is 0.185. The van der Waals surface area contributed by atoms with Crippen molar-refractivity contribution in [1.29, 1.82) is 0 Å². The molecule has 0 aliphatic rings. The van der Waals surface area contributed by atoms with E-state index in [4.69, 9.17) is 4.74 Å². The number of esters is 1. The van der Waals surface area contributed by atoms with Crippen LogP contribution in [0.15, 0.2) is 54.2 Å². The highest BCUT2D eigenvalue weighted by molar-refractivity contribution is 6.00. The largest absolute Gasteiger partial charge is 0.448 e. The quantitative estimate of drug-likeness (QED) is 0.589. The van der Waals surface area contributed by atoms with Crippen molar-refractivity contribution >= 4 is 29.5 Å². The first-order chi connectivity index (χ1) is 13.3. The van der Waals surface area contributed by atoms with Crippen LogP contribution in [-0.4, -0.2) is 23.9 Å². The molecule has 1 atom stereocenters. The molecule has 2 N–H and O–H groups in total. The molecule has 146 valence electrons. The van der Waals surface area contributed by atoms with Gasteiger partial charge in [-0.05, 0) is 30.7 Å². The summed E-state index contributed by atoms with van der Waals surface area (Å²) in [6.45, 7) is 2.45. The van der Waals surface area contributed by atoms with Gasteiger partial charge in [0, 0.05) is 6.92 Å². The molecule has 8 heteroatoms. The van der Waals surface area contributed by atoms with Gasteiger partial charge in [-0.2, -0.15) is 0 Å². The molecular formula is C20H18F2N2O4. The maximum Gasteiger partial charge on any atom is 0.355 e. The Morgan fingerprint density at radius 2 is 1.61 bits per heavy atom. The first kappa shape index (κ1) is 20.8. The third-order valence-electron chi connectivity index (χ3n) is 3.51. The molecule has 28 heavy (non-hydrogen) atoms. The normalized spacial score (nSPS) is 12.1. The van der Waals surface area contributed by atoms with E-state index in [9.17, 15) is 23.2 Å². The van der Waals surface area contributed by atoms with E-state index < -0.39 is 41.2 Å². The standard InChI is InChI=1S/C20H18F2N2O4/c1-12(19(26)24-18-15(21)9-6-10-16(18)22)28-20(27)17(23-13(2)25)11-14-7-4-3-5-8-14/h3-12H,1-2H3,(H,23,25)(H,24,26)/b17-11-/t12-/m0/s1. The monoisotopic (exact) mass is 388 g/mol. The summed E-state index contributed by atoms with van der Waals surface area (Å²) in [5.74, 6) is -4.34. The predicted octanol–water partition coefficient (Wildman–Crippen LogP) is 3.01. The van der Waals surface area contributed by atoms with Crippen LogP contribution in [0.5, 0.6) is 0 Å². The van der Waals surface area contributed by atoms with Crippen molar-refractivity contribution in [3.8, 4) is 0 Å². The molecule has 0 heterocycles. The van der Waals surface area contributed by atoms with Crippen LogP contribution in [0.2, 0.25) is 0 Å². The number of rotatable bonds is 6. The maximum absolute atomic E-state index is 13.6. The number of para-hydroxylation sites is 1. The van der Waals surface area contributed by atoms with Gasteiger partial charge in [0.1, 0.15) is 23.0 Å². The van der Waals surface area contributed by atoms with Crippen molar-refractivity contribution in [1.82, 2.24) is 5.32 Å².